The van der Waals surface area contributed by atoms with Gasteiger partial charge in [0, 0.05) is 33.2 Å². The van der Waals surface area contributed by atoms with E-state index in [2.05, 4.69) is 15.6 Å². The fraction of sp³-hybridized carbons (Fsp3) is 0.409. The summed E-state index contributed by atoms with van der Waals surface area (Å²) in [7, 11) is -1.74. The second kappa shape index (κ2) is 10.5. The zero-order chi connectivity index (χ0) is 21.4. The van der Waals surface area contributed by atoms with E-state index in [1.54, 1.807) is 35.6 Å². The highest BCUT2D eigenvalue weighted by molar-refractivity contribution is 7.89. The Bertz CT molecular complexity index is 955. The molecule has 1 saturated heterocycles. The van der Waals surface area contributed by atoms with Gasteiger partial charge in [0.05, 0.1) is 4.90 Å². The lowest BCUT2D eigenvalue weighted by Gasteiger charge is -2.25. The van der Waals surface area contributed by atoms with E-state index in [1.165, 1.54) is 6.07 Å². The number of aliphatic imine (C=N–C) groups is 1. The van der Waals surface area contributed by atoms with Crippen LogP contribution in [-0.2, 0) is 23.0 Å². The molecule has 162 valence electrons. The summed E-state index contributed by atoms with van der Waals surface area (Å²) in [5, 5.41) is 6.36. The first-order chi connectivity index (χ1) is 14.5. The van der Waals surface area contributed by atoms with Gasteiger partial charge in [0.25, 0.3) is 0 Å². The molecule has 2 aromatic carbocycles. The summed E-state index contributed by atoms with van der Waals surface area (Å²) >= 11 is 0. The Balaban J connectivity index is 1.50. The zero-order valence-corrected chi connectivity index (χ0v) is 18.1. The van der Waals surface area contributed by atoms with E-state index in [0.29, 0.717) is 49.0 Å². The van der Waals surface area contributed by atoms with Gasteiger partial charge in [0.15, 0.2) is 5.96 Å². The number of benzene rings is 2. The van der Waals surface area contributed by atoms with Crippen LogP contribution >= 0.6 is 0 Å². The molecule has 0 atom stereocenters. The van der Waals surface area contributed by atoms with Gasteiger partial charge in [-0.2, -0.15) is 4.31 Å². The van der Waals surface area contributed by atoms with Crippen LogP contribution in [0.25, 0.3) is 0 Å². The van der Waals surface area contributed by atoms with E-state index in [-0.39, 0.29) is 5.82 Å². The number of nitrogens with one attached hydrogen (secondary N) is 2. The third kappa shape index (κ3) is 5.79. The first kappa shape index (κ1) is 22.2. The number of piperidine rings is 1. The minimum absolute atomic E-state index is 0.207. The lowest BCUT2D eigenvalue weighted by Crippen LogP contribution is -2.38. The average Bonchev–Trinajstić information content (AvgIpc) is 2.78. The Hall–Kier alpha value is -2.45. The standard InChI is InChI=1S/C22H29FN4O2S/c1-24-22(25-14-13-19-7-3-4-8-21(19)23)26-17-18-9-11-20(12-10-18)30(28,29)27-15-5-2-6-16-27/h3-4,7-12H,2,5-6,13-17H2,1H3,(H2,24,25,26). The molecule has 8 heteroatoms. The Morgan fingerprint density at radius 3 is 2.40 bits per heavy atom. The molecule has 0 spiro atoms. The van der Waals surface area contributed by atoms with Crippen molar-refractivity contribution in [2.45, 2.75) is 37.1 Å². The van der Waals surface area contributed by atoms with Crippen LogP contribution < -0.4 is 10.6 Å². The van der Waals surface area contributed by atoms with Crippen molar-refractivity contribution in [1.82, 2.24) is 14.9 Å². The molecule has 2 N–H and O–H groups in total. The van der Waals surface area contributed by atoms with Crippen molar-refractivity contribution in [3.05, 3.63) is 65.5 Å². The second-order valence-corrected chi connectivity index (χ2v) is 9.24. The molecule has 1 heterocycles. The van der Waals surface area contributed by atoms with E-state index < -0.39 is 10.0 Å². The van der Waals surface area contributed by atoms with Gasteiger partial charge in [0.2, 0.25) is 10.0 Å². The highest BCUT2D eigenvalue weighted by atomic mass is 32.2. The highest BCUT2D eigenvalue weighted by Crippen LogP contribution is 2.20. The van der Waals surface area contributed by atoms with Gasteiger partial charge in [-0.15, -0.1) is 0 Å². The van der Waals surface area contributed by atoms with Gasteiger partial charge < -0.3 is 10.6 Å². The van der Waals surface area contributed by atoms with Crippen molar-refractivity contribution in [2.24, 2.45) is 4.99 Å². The molecular formula is C22H29FN4O2S. The summed E-state index contributed by atoms with van der Waals surface area (Å²) < 4.78 is 40.7. The number of hydrogen-bond donors (Lipinski definition) is 2. The maximum Gasteiger partial charge on any atom is 0.243 e. The third-order valence-corrected chi connectivity index (χ3v) is 7.12. The molecule has 0 aromatic heterocycles. The van der Waals surface area contributed by atoms with Crippen LogP contribution in [0.1, 0.15) is 30.4 Å². The van der Waals surface area contributed by atoms with Crippen LogP contribution in [0.2, 0.25) is 0 Å². The van der Waals surface area contributed by atoms with Crippen molar-refractivity contribution in [3.8, 4) is 0 Å². The molecule has 1 aliphatic heterocycles. The van der Waals surface area contributed by atoms with Gasteiger partial charge in [-0.3, -0.25) is 4.99 Å². The van der Waals surface area contributed by atoms with Crippen LogP contribution in [0, 0.1) is 5.82 Å². The number of hydrogen-bond acceptors (Lipinski definition) is 3. The Morgan fingerprint density at radius 2 is 1.73 bits per heavy atom. The predicted octanol–water partition coefficient (Wildman–Crippen LogP) is 2.91. The van der Waals surface area contributed by atoms with E-state index in [9.17, 15) is 12.8 Å². The molecule has 3 rings (SSSR count). The maximum atomic E-state index is 13.7. The molecule has 1 fully saturated rings. The SMILES string of the molecule is CN=C(NCCc1ccccc1F)NCc1ccc(S(=O)(=O)N2CCCCC2)cc1. The molecular weight excluding hydrogens is 403 g/mol. The summed E-state index contributed by atoms with van der Waals surface area (Å²) in [5.41, 5.74) is 1.61. The van der Waals surface area contributed by atoms with Crippen LogP contribution in [-0.4, -0.2) is 45.4 Å². The second-order valence-electron chi connectivity index (χ2n) is 7.30. The van der Waals surface area contributed by atoms with E-state index >= 15 is 0 Å². The summed E-state index contributed by atoms with van der Waals surface area (Å²) in [6.45, 7) is 2.25. The zero-order valence-electron chi connectivity index (χ0n) is 17.3. The summed E-state index contributed by atoms with van der Waals surface area (Å²) in [6, 6.07) is 13.7. The van der Waals surface area contributed by atoms with Crippen molar-refractivity contribution in [1.29, 1.82) is 0 Å². The largest absolute Gasteiger partial charge is 0.356 e. The van der Waals surface area contributed by atoms with Crippen LogP contribution in [0.3, 0.4) is 0 Å². The van der Waals surface area contributed by atoms with Crippen molar-refractivity contribution < 1.29 is 12.8 Å². The van der Waals surface area contributed by atoms with Gasteiger partial charge in [0.1, 0.15) is 5.82 Å². The molecule has 30 heavy (non-hydrogen) atoms. The molecule has 0 bridgehead atoms. The van der Waals surface area contributed by atoms with Gasteiger partial charge >= 0.3 is 0 Å². The molecule has 0 aliphatic carbocycles. The quantitative estimate of drug-likeness (QED) is 0.521. The van der Waals surface area contributed by atoms with Crippen LogP contribution in [0.5, 0.6) is 0 Å². The number of halogens is 1. The third-order valence-electron chi connectivity index (χ3n) is 5.20. The Kier molecular flexibility index (Phi) is 7.81. The first-order valence-corrected chi connectivity index (χ1v) is 11.7. The molecule has 1 aliphatic rings. The van der Waals surface area contributed by atoms with Crippen molar-refractivity contribution >= 4 is 16.0 Å². The average molecular weight is 433 g/mol. The molecule has 0 unspecified atom stereocenters. The number of sulfonamides is 1. The van der Waals surface area contributed by atoms with E-state index in [0.717, 1.165) is 24.8 Å². The minimum atomic E-state index is -3.41. The monoisotopic (exact) mass is 432 g/mol. The van der Waals surface area contributed by atoms with Gasteiger partial charge in [-0.1, -0.05) is 36.8 Å². The van der Waals surface area contributed by atoms with Crippen LogP contribution in [0.4, 0.5) is 4.39 Å². The molecule has 0 radical (unpaired) electrons. The topological polar surface area (TPSA) is 73.8 Å². The fourth-order valence-corrected chi connectivity index (χ4v) is 4.97. The highest BCUT2D eigenvalue weighted by Gasteiger charge is 2.25. The minimum Gasteiger partial charge on any atom is -0.356 e. The smallest absolute Gasteiger partial charge is 0.243 e. The van der Waals surface area contributed by atoms with Crippen molar-refractivity contribution in [3.63, 3.8) is 0 Å². The Morgan fingerprint density at radius 1 is 1.03 bits per heavy atom. The predicted molar refractivity (Wildman–Crippen MR) is 117 cm³/mol. The lowest BCUT2D eigenvalue weighted by molar-refractivity contribution is 0.346. The fourth-order valence-electron chi connectivity index (χ4n) is 3.46. The maximum absolute atomic E-state index is 13.7. The molecule has 2 aromatic rings. The Labute approximate surface area is 178 Å². The van der Waals surface area contributed by atoms with E-state index in [4.69, 9.17) is 0 Å². The summed E-state index contributed by atoms with van der Waals surface area (Å²) in [6.07, 6.45) is 3.48. The number of nitrogens with zero attached hydrogens (tertiary/aromatic N) is 2. The normalized spacial score (nSPS) is 15.7. The van der Waals surface area contributed by atoms with Crippen molar-refractivity contribution in [2.75, 3.05) is 26.7 Å². The van der Waals surface area contributed by atoms with Crippen LogP contribution in [0.15, 0.2) is 58.4 Å². The van der Waals surface area contributed by atoms with Gasteiger partial charge in [-0.25, -0.2) is 12.8 Å². The number of guanidine groups is 1. The molecule has 0 saturated carbocycles. The lowest BCUT2D eigenvalue weighted by atomic mass is 10.1. The summed E-state index contributed by atoms with van der Waals surface area (Å²) in [4.78, 5) is 4.51. The molecule has 0 amide bonds. The molecule has 6 nitrogen and oxygen atoms in total. The van der Waals surface area contributed by atoms with E-state index in [1.807, 2.05) is 18.2 Å². The number of rotatable bonds is 7. The summed E-state index contributed by atoms with van der Waals surface area (Å²) in [5.74, 6) is 0.401. The van der Waals surface area contributed by atoms with Gasteiger partial charge in [-0.05, 0) is 48.6 Å². The first-order valence-electron chi connectivity index (χ1n) is 10.3.